The van der Waals surface area contributed by atoms with E-state index < -0.39 is 4.92 Å². The Kier molecular flexibility index (Phi) is 2.86. The van der Waals surface area contributed by atoms with E-state index >= 15 is 0 Å². The molecule has 0 saturated carbocycles. The number of hydrogen-bond donors (Lipinski definition) is 0. The van der Waals surface area contributed by atoms with Gasteiger partial charge in [0.15, 0.2) is 0 Å². The molecule has 1 aromatic rings. The van der Waals surface area contributed by atoms with E-state index in [2.05, 4.69) is 4.98 Å². The maximum absolute atomic E-state index is 10.3. The normalized spacial score (nSPS) is 10.2. The van der Waals surface area contributed by atoms with Gasteiger partial charge < -0.3 is 0 Å². The molecule has 66 valence electrons. The fourth-order valence-corrected chi connectivity index (χ4v) is 0.779. The number of aldehydes is 1. The molecule has 5 nitrogen and oxygen atoms in total. The largest absolute Gasteiger partial charge is 0.299 e. The average molecular weight is 178 g/mol. The zero-order valence-electron chi connectivity index (χ0n) is 6.58. The number of hydrogen-bond acceptors (Lipinski definition) is 4. The minimum absolute atomic E-state index is 0.0412. The Balaban J connectivity index is 2.98. The van der Waals surface area contributed by atoms with E-state index in [1.807, 2.05) is 0 Å². The topological polar surface area (TPSA) is 73.1 Å². The second kappa shape index (κ2) is 4.10. The molecule has 0 fully saturated rings. The van der Waals surface area contributed by atoms with Crippen LogP contribution in [0.1, 0.15) is 5.69 Å². The van der Waals surface area contributed by atoms with Crippen LogP contribution in [0, 0.1) is 10.1 Å². The van der Waals surface area contributed by atoms with Crippen LogP contribution in [-0.2, 0) is 4.79 Å². The Morgan fingerprint density at radius 1 is 1.54 bits per heavy atom. The number of carbonyl (C=O) groups excluding carboxylic acids is 1. The van der Waals surface area contributed by atoms with E-state index in [4.69, 9.17) is 0 Å². The van der Waals surface area contributed by atoms with E-state index in [0.29, 0.717) is 12.0 Å². The quantitative estimate of drug-likeness (QED) is 0.301. The lowest BCUT2D eigenvalue weighted by atomic mass is 10.3. The fourth-order valence-electron chi connectivity index (χ4n) is 0.779. The predicted molar refractivity (Wildman–Crippen MR) is 46.0 cm³/mol. The molecule has 0 aromatic carbocycles. The van der Waals surface area contributed by atoms with Crippen LogP contribution in [0.5, 0.6) is 0 Å². The number of carbonyl (C=O) groups is 1. The summed E-state index contributed by atoms with van der Waals surface area (Å²) in [5.74, 6) is 0. The van der Waals surface area contributed by atoms with Gasteiger partial charge in [-0.3, -0.25) is 19.9 Å². The highest BCUT2D eigenvalue weighted by Crippen LogP contribution is 2.11. The molecule has 0 bridgehead atoms. The molecular formula is C8H6N2O3. The van der Waals surface area contributed by atoms with Crippen LogP contribution >= 0.6 is 0 Å². The van der Waals surface area contributed by atoms with Crippen LogP contribution in [0.3, 0.4) is 0 Å². The van der Waals surface area contributed by atoms with Gasteiger partial charge in [0.25, 0.3) is 5.69 Å². The third-order valence-electron chi connectivity index (χ3n) is 1.32. The zero-order valence-corrected chi connectivity index (χ0v) is 6.58. The minimum Gasteiger partial charge on any atom is -0.299 e. The summed E-state index contributed by atoms with van der Waals surface area (Å²) < 4.78 is 0. The van der Waals surface area contributed by atoms with Crippen LogP contribution in [0.2, 0.25) is 0 Å². The van der Waals surface area contributed by atoms with E-state index in [9.17, 15) is 14.9 Å². The number of allylic oxidation sites excluding steroid dienone is 1. The Bertz CT molecular complexity index is 360. The first-order valence-electron chi connectivity index (χ1n) is 3.46. The van der Waals surface area contributed by atoms with Crippen LogP contribution in [0.15, 0.2) is 24.4 Å². The highest BCUT2D eigenvalue weighted by Gasteiger charge is 2.03. The van der Waals surface area contributed by atoms with Gasteiger partial charge in [-0.1, -0.05) is 0 Å². The fraction of sp³-hybridized carbons (Fsp3) is 0. The van der Waals surface area contributed by atoms with Crippen molar-refractivity contribution in [1.82, 2.24) is 4.98 Å². The molecule has 5 heteroatoms. The molecule has 0 aliphatic rings. The molecule has 0 saturated heterocycles. The molecule has 1 rings (SSSR count). The van der Waals surface area contributed by atoms with Crippen molar-refractivity contribution in [1.29, 1.82) is 0 Å². The van der Waals surface area contributed by atoms with Crippen LogP contribution < -0.4 is 0 Å². The summed E-state index contributed by atoms with van der Waals surface area (Å²) in [7, 11) is 0. The Morgan fingerprint density at radius 3 is 2.92 bits per heavy atom. The maximum atomic E-state index is 10.3. The predicted octanol–water partition coefficient (Wildman–Crippen LogP) is 1.20. The van der Waals surface area contributed by atoms with Gasteiger partial charge in [-0.05, 0) is 12.2 Å². The zero-order chi connectivity index (χ0) is 9.68. The molecule has 0 unspecified atom stereocenters. The van der Waals surface area contributed by atoms with Crippen LogP contribution in [0.25, 0.3) is 6.08 Å². The number of nitrogens with zero attached hydrogens (tertiary/aromatic N) is 2. The van der Waals surface area contributed by atoms with Crippen molar-refractivity contribution in [3.8, 4) is 0 Å². The summed E-state index contributed by atoms with van der Waals surface area (Å²) in [5, 5.41) is 10.3. The summed E-state index contributed by atoms with van der Waals surface area (Å²) in [4.78, 5) is 23.6. The molecule has 0 aliphatic carbocycles. The first-order valence-corrected chi connectivity index (χ1v) is 3.46. The molecule has 0 radical (unpaired) electrons. The average Bonchev–Trinajstić information content (AvgIpc) is 2.15. The molecule has 0 aliphatic heterocycles. The monoisotopic (exact) mass is 178 g/mol. The van der Waals surface area contributed by atoms with E-state index in [0.717, 1.165) is 0 Å². The second-order valence-electron chi connectivity index (χ2n) is 2.19. The van der Waals surface area contributed by atoms with Gasteiger partial charge in [0.2, 0.25) is 0 Å². The lowest BCUT2D eigenvalue weighted by Gasteiger charge is -1.91. The number of rotatable bonds is 3. The van der Waals surface area contributed by atoms with E-state index in [-0.39, 0.29) is 5.69 Å². The smallest absolute Gasteiger partial charge is 0.273 e. The van der Waals surface area contributed by atoms with Gasteiger partial charge in [0, 0.05) is 18.3 Å². The molecule has 0 N–H and O–H groups in total. The Labute approximate surface area is 73.9 Å². The number of pyridine rings is 1. The molecule has 1 aromatic heterocycles. The van der Waals surface area contributed by atoms with Crippen molar-refractivity contribution < 1.29 is 9.72 Å². The molecule has 1 heterocycles. The lowest BCUT2D eigenvalue weighted by molar-refractivity contribution is -0.384. The van der Waals surface area contributed by atoms with Crippen LogP contribution in [0.4, 0.5) is 5.69 Å². The highest BCUT2D eigenvalue weighted by atomic mass is 16.6. The van der Waals surface area contributed by atoms with E-state index in [1.165, 1.54) is 30.5 Å². The molecule has 0 atom stereocenters. The first-order chi connectivity index (χ1) is 6.24. The van der Waals surface area contributed by atoms with Gasteiger partial charge >= 0.3 is 0 Å². The van der Waals surface area contributed by atoms with Crippen molar-refractivity contribution in [2.75, 3.05) is 0 Å². The third kappa shape index (κ3) is 2.48. The third-order valence-corrected chi connectivity index (χ3v) is 1.32. The molecule has 0 spiro atoms. The van der Waals surface area contributed by atoms with Gasteiger partial charge in [0.05, 0.1) is 10.6 Å². The van der Waals surface area contributed by atoms with Gasteiger partial charge in [-0.15, -0.1) is 0 Å². The first kappa shape index (κ1) is 9.05. The molecule has 0 amide bonds. The van der Waals surface area contributed by atoms with Crippen molar-refractivity contribution in [3.63, 3.8) is 0 Å². The molecular weight excluding hydrogens is 172 g/mol. The van der Waals surface area contributed by atoms with Gasteiger partial charge in [-0.2, -0.15) is 0 Å². The summed E-state index contributed by atoms with van der Waals surface area (Å²) in [6.45, 7) is 0. The minimum atomic E-state index is -0.514. The van der Waals surface area contributed by atoms with Crippen molar-refractivity contribution in [2.24, 2.45) is 0 Å². The highest BCUT2D eigenvalue weighted by molar-refractivity contribution is 5.73. The Morgan fingerprint density at radius 2 is 2.31 bits per heavy atom. The van der Waals surface area contributed by atoms with Crippen molar-refractivity contribution >= 4 is 18.0 Å². The van der Waals surface area contributed by atoms with Crippen molar-refractivity contribution in [3.05, 3.63) is 40.2 Å². The molecule has 13 heavy (non-hydrogen) atoms. The van der Waals surface area contributed by atoms with Crippen molar-refractivity contribution in [2.45, 2.75) is 0 Å². The summed E-state index contributed by atoms with van der Waals surface area (Å²) >= 11 is 0. The summed E-state index contributed by atoms with van der Waals surface area (Å²) in [6.07, 6.45) is 4.54. The number of nitro groups is 1. The SMILES string of the molecule is O=CC=Cc1cc([N+](=O)[O-])ccn1. The standard InChI is InChI=1S/C8H6N2O3/c11-5-1-2-7-6-8(10(12)13)3-4-9-7/h1-6H. The Hall–Kier alpha value is -2.04. The lowest BCUT2D eigenvalue weighted by Crippen LogP contribution is -1.89. The number of aromatic nitrogens is 1. The van der Waals surface area contributed by atoms with Gasteiger partial charge in [0.1, 0.15) is 6.29 Å². The van der Waals surface area contributed by atoms with E-state index in [1.54, 1.807) is 0 Å². The maximum Gasteiger partial charge on any atom is 0.273 e. The summed E-state index contributed by atoms with van der Waals surface area (Å²) in [6, 6.07) is 2.58. The van der Waals surface area contributed by atoms with Crippen LogP contribution in [-0.4, -0.2) is 16.2 Å². The summed E-state index contributed by atoms with van der Waals surface area (Å²) in [5.41, 5.74) is 0.349. The van der Waals surface area contributed by atoms with Gasteiger partial charge in [-0.25, -0.2) is 0 Å². The second-order valence-corrected chi connectivity index (χ2v) is 2.19.